The highest BCUT2D eigenvalue weighted by Gasteiger charge is 2.25. The fraction of sp³-hybridized carbons (Fsp3) is 0.364. The Balaban J connectivity index is 2.36. The van der Waals surface area contributed by atoms with Gasteiger partial charge in [-0.25, -0.2) is 0 Å². The van der Waals surface area contributed by atoms with E-state index in [0.29, 0.717) is 26.3 Å². The maximum atomic E-state index is 13.1. The van der Waals surface area contributed by atoms with Gasteiger partial charge in [0.05, 0.1) is 18.8 Å². The van der Waals surface area contributed by atoms with Crippen molar-refractivity contribution >= 4 is 16.1 Å². The Labute approximate surface area is 104 Å². The lowest BCUT2D eigenvalue weighted by molar-refractivity contribution is 0.0300. The molecule has 1 aromatic carbocycles. The number of carbonyl (C=O) groups excluding carboxylic acids is 1. The Morgan fingerprint density at radius 1 is 1.22 bits per heavy atom. The van der Waals surface area contributed by atoms with E-state index in [2.05, 4.69) is 0 Å². The molecule has 0 aromatic heterocycles. The molecule has 0 saturated carbocycles. The van der Waals surface area contributed by atoms with Gasteiger partial charge in [0, 0.05) is 13.1 Å². The van der Waals surface area contributed by atoms with Crippen molar-refractivity contribution in [1.82, 2.24) is 4.90 Å². The van der Waals surface area contributed by atoms with E-state index in [-0.39, 0.29) is 5.56 Å². The van der Waals surface area contributed by atoms with E-state index in [1.165, 1.54) is 23.1 Å². The predicted octanol–water partition coefficient (Wildman–Crippen LogP) is 0.817. The molecule has 5 nitrogen and oxygen atoms in total. The van der Waals surface area contributed by atoms with Crippen LogP contribution in [0, 0.1) is 0 Å². The summed E-state index contributed by atoms with van der Waals surface area (Å²) in [4.78, 5) is 13.0. The maximum Gasteiger partial charge on any atom is 0.332 e. The number of halogens is 1. The van der Waals surface area contributed by atoms with Gasteiger partial charge in [0.25, 0.3) is 5.91 Å². The molecule has 1 aromatic rings. The highest BCUT2D eigenvalue weighted by atomic mass is 32.3. The van der Waals surface area contributed by atoms with Gasteiger partial charge in [-0.1, -0.05) is 12.1 Å². The Morgan fingerprint density at radius 2 is 1.83 bits per heavy atom. The van der Waals surface area contributed by atoms with Crippen LogP contribution in [0.25, 0.3) is 0 Å². The summed E-state index contributed by atoms with van der Waals surface area (Å²) in [5.74, 6) is -0.491. The van der Waals surface area contributed by atoms with E-state index in [0.717, 1.165) is 6.07 Å². The SMILES string of the molecule is O=C(c1ccccc1S(=O)(=O)F)N1CCOCC1. The first kappa shape index (κ1) is 13.0. The van der Waals surface area contributed by atoms with Gasteiger partial charge in [-0.05, 0) is 12.1 Å². The largest absolute Gasteiger partial charge is 0.378 e. The number of amides is 1. The van der Waals surface area contributed by atoms with Gasteiger partial charge in [-0.3, -0.25) is 4.79 Å². The second-order valence-electron chi connectivity index (χ2n) is 3.84. The van der Waals surface area contributed by atoms with Gasteiger partial charge in [-0.2, -0.15) is 8.42 Å². The number of morpholine rings is 1. The zero-order valence-corrected chi connectivity index (χ0v) is 10.3. The van der Waals surface area contributed by atoms with Crippen LogP contribution >= 0.6 is 0 Å². The average Bonchev–Trinajstić information content (AvgIpc) is 2.38. The zero-order chi connectivity index (χ0) is 13.2. The molecule has 98 valence electrons. The quantitative estimate of drug-likeness (QED) is 0.748. The van der Waals surface area contributed by atoms with E-state index in [9.17, 15) is 17.1 Å². The molecule has 7 heteroatoms. The van der Waals surface area contributed by atoms with Crippen molar-refractivity contribution in [2.45, 2.75) is 4.90 Å². The van der Waals surface area contributed by atoms with E-state index < -0.39 is 21.0 Å². The third-order valence-corrected chi connectivity index (χ3v) is 3.56. The smallest absolute Gasteiger partial charge is 0.332 e. The van der Waals surface area contributed by atoms with Gasteiger partial charge in [-0.15, -0.1) is 3.89 Å². The minimum absolute atomic E-state index is 0.137. The second kappa shape index (κ2) is 5.03. The first-order chi connectivity index (χ1) is 8.50. The Morgan fingerprint density at radius 3 is 2.44 bits per heavy atom. The first-order valence-corrected chi connectivity index (χ1v) is 6.79. The molecule has 0 atom stereocenters. The van der Waals surface area contributed by atoms with Crippen LogP contribution in [-0.2, 0) is 15.0 Å². The molecule has 0 spiro atoms. The van der Waals surface area contributed by atoms with Crippen molar-refractivity contribution < 1.29 is 21.8 Å². The summed E-state index contributed by atoms with van der Waals surface area (Å²) in [5, 5.41) is 0. The van der Waals surface area contributed by atoms with Crippen LogP contribution in [0.2, 0.25) is 0 Å². The van der Waals surface area contributed by atoms with Gasteiger partial charge in [0.15, 0.2) is 0 Å². The van der Waals surface area contributed by atoms with E-state index in [4.69, 9.17) is 4.74 Å². The summed E-state index contributed by atoms with van der Waals surface area (Å²) in [6.45, 7) is 1.55. The third-order valence-electron chi connectivity index (χ3n) is 2.68. The zero-order valence-electron chi connectivity index (χ0n) is 9.50. The number of hydrogen-bond acceptors (Lipinski definition) is 4. The molecule has 0 N–H and O–H groups in total. The summed E-state index contributed by atoms with van der Waals surface area (Å²) in [6, 6.07) is 5.28. The van der Waals surface area contributed by atoms with Crippen LogP contribution in [0.5, 0.6) is 0 Å². The third kappa shape index (κ3) is 2.68. The molecule has 1 aliphatic rings. The average molecular weight is 273 g/mol. The molecule has 1 saturated heterocycles. The van der Waals surface area contributed by atoms with Crippen molar-refractivity contribution in [2.24, 2.45) is 0 Å². The fourth-order valence-corrected chi connectivity index (χ4v) is 2.45. The number of ether oxygens (including phenoxy) is 1. The van der Waals surface area contributed by atoms with Gasteiger partial charge in [0.1, 0.15) is 4.90 Å². The minimum atomic E-state index is -4.90. The van der Waals surface area contributed by atoms with Crippen molar-refractivity contribution in [3.63, 3.8) is 0 Å². The topological polar surface area (TPSA) is 63.7 Å². The molecule has 1 amide bonds. The molecule has 0 bridgehead atoms. The number of rotatable bonds is 2. The second-order valence-corrected chi connectivity index (χ2v) is 5.15. The standard InChI is InChI=1S/C11H12FNO4S/c12-18(15,16)10-4-2-1-3-9(10)11(14)13-5-7-17-8-6-13/h1-4H,5-8H2. The van der Waals surface area contributed by atoms with Crippen molar-refractivity contribution in [1.29, 1.82) is 0 Å². The summed E-state index contributed by atoms with van der Waals surface area (Å²) in [6.07, 6.45) is 0. The molecule has 1 aliphatic heterocycles. The molecule has 0 aliphatic carbocycles. The van der Waals surface area contributed by atoms with Gasteiger partial charge < -0.3 is 9.64 Å². The molecule has 0 radical (unpaired) electrons. The number of carbonyl (C=O) groups is 1. The van der Waals surface area contributed by atoms with Crippen molar-refractivity contribution in [3.8, 4) is 0 Å². The Hall–Kier alpha value is -1.47. The van der Waals surface area contributed by atoms with Crippen molar-refractivity contribution in [3.05, 3.63) is 29.8 Å². The monoisotopic (exact) mass is 273 g/mol. The highest BCUT2D eigenvalue weighted by Crippen LogP contribution is 2.19. The van der Waals surface area contributed by atoms with Crippen LogP contribution in [0.3, 0.4) is 0 Å². The van der Waals surface area contributed by atoms with Gasteiger partial charge in [0.2, 0.25) is 0 Å². The molecule has 1 fully saturated rings. The molecule has 18 heavy (non-hydrogen) atoms. The summed E-state index contributed by atoms with van der Waals surface area (Å²) in [7, 11) is -4.90. The number of benzene rings is 1. The van der Waals surface area contributed by atoms with Crippen LogP contribution in [0.15, 0.2) is 29.2 Å². The van der Waals surface area contributed by atoms with Crippen LogP contribution in [0.4, 0.5) is 3.89 Å². The minimum Gasteiger partial charge on any atom is -0.378 e. The molecule has 0 unspecified atom stereocenters. The van der Waals surface area contributed by atoms with E-state index in [1.807, 2.05) is 0 Å². The molecular weight excluding hydrogens is 261 g/mol. The summed E-state index contributed by atoms with van der Waals surface area (Å²) in [5.41, 5.74) is -0.137. The number of hydrogen-bond donors (Lipinski definition) is 0. The molecular formula is C11H12FNO4S. The predicted molar refractivity (Wildman–Crippen MR) is 61.5 cm³/mol. The lowest BCUT2D eigenvalue weighted by Crippen LogP contribution is -2.41. The Bertz CT molecular complexity index is 552. The van der Waals surface area contributed by atoms with E-state index >= 15 is 0 Å². The van der Waals surface area contributed by atoms with Crippen molar-refractivity contribution in [2.75, 3.05) is 26.3 Å². The normalized spacial score (nSPS) is 16.6. The summed E-state index contributed by atoms with van der Waals surface area (Å²) < 4.78 is 40.1. The maximum absolute atomic E-state index is 13.1. The highest BCUT2D eigenvalue weighted by molar-refractivity contribution is 7.86. The van der Waals surface area contributed by atoms with Crippen LogP contribution in [-0.4, -0.2) is 45.5 Å². The lowest BCUT2D eigenvalue weighted by atomic mass is 10.2. The van der Waals surface area contributed by atoms with Crippen LogP contribution < -0.4 is 0 Å². The van der Waals surface area contributed by atoms with Gasteiger partial charge >= 0.3 is 10.2 Å². The molecule has 2 rings (SSSR count). The Kier molecular flexibility index (Phi) is 3.63. The van der Waals surface area contributed by atoms with Crippen LogP contribution in [0.1, 0.15) is 10.4 Å². The summed E-state index contributed by atoms with van der Waals surface area (Å²) >= 11 is 0. The fourth-order valence-electron chi connectivity index (χ4n) is 1.79. The number of nitrogens with zero attached hydrogens (tertiary/aromatic N) is 1. The molecule has 1 heterocycles. The lowest BCUT2D eigenvalue weighted by Gasteiger charge is -2.27. The first-order valence-electron chi connectivity index (χ1n) is 5.41. The van der Waals surface area contributed by atoms with E-state index in [1.54, 1.807) is 0 Å².